The Kier molecular flexibility index (Phi) is 7.94. The van der Waals surface area contributed by atoms with E-state index in [9.17, 15) is 14.4 Å². The molecule has 0 saturated carbocycles. The SMILES string of the molecule is COC(=O)[C@]1(C)OC[C@H](CCCCC(NC(=O)c2cccs2)C(C)=O)CO1. The minimum Gasteiger partial charge on any atom is -0.465 e. The average Bonchev–Trinajstić information content (AvgIpc) is 3.19. The third-order valence-corrected chi connectivity index (χ3v) is 5.51. The first-order valence-corrected chi connectivity index (χ1v) is 9.95. The normalized spacial score (nSPS) is 23.4. The van der Waals surface area contributed by atoms with Gasteiger partial charge in [0.1, 0.15) is 0 Å². The Morgan fingerprint density at radius 1 is 1.33 bits per heavy atom. The molecule has 1 unspecified atom stereocenters. The minimum atomic E-state index is -1.32. The van der Waals surface area contributed by atoms with Crippen molar-refractivity contribution in [2.45, 2.75) is 51.4 Å². The maximum absolute atomic E-state index is 12.1. The second-order valence-electron chi connectivity index (χ2n) is 6.82. The number of carbonyl (C=O) groups is 3. The number of ether oxygens (including phenoxy) is 3. The number of thiophene rings is 1. The number of unbranched alkanes of at least 4 members (excludes halogenated alkanes) is 1. The van der Waals surface area contributed by atoms with Crippen LogP contribution in [0.15, 0.2) is 17.5 Å². The van der Waals surface area contributed by atoms with Crippen molar-refractivity contribution in [3.05, 3.63) is 22.4 Å². The van der Waals surface area contributed by atoms with E-state index in [1.54, 1.807) is 13.0 Å². The molecule has 1 aliphatic rings. The van der Waals surface area contributed by atoms with E-state index in [1.165, 1.54) is 25.4 Å². The summed E-state index contributed by atoms with van der Waals surface area (Å²) in [6.45, 7) is 3.91. The van der Waals surface area contributed by atoms with Gasteiger partial charge in [-0.2, -0.15) is 0 Å². The van der Waals surface area contributed by atoms with Gasteiger partial charge in [0.2, 0.25) is 0 Å². The fourth-order valence-electron chi connectivity index (χ4n) is 2.91. The molecule has 8 heteroatoms. The number of esters is 1. The number of Topliss-reactive ketones (excluding diaryl/α,β-unsaturated/α-hetero) is 1. The maximum Gasteiger partial charge on any atom is 0.366 e. The molecule has 0 spiro atoms. The molecule has 1 atom stereocenters. The Bertz CT molecular complexity index is 637. The lowest BCUT2D eigenvalue weighted by atomic mass is 9.99. The number of hydrogen-bond donors (Lipinski definition) is 1. The average molecular weight is 397 g/mol. The van der Waals surface area contributed by atoms with Crippen molar-refractivity contribution >= 4 is 29.0 Å². The summed E-state index contributed by atoms with van der Waals surface area (Å²) in [5.41, 5.74) is 0. The van der Waals surface area contributed by atoms with Crippen molar-refractivity contribution in [3.8, 4) is 0 Å². The Balaban J connectivity index is 1.69. The Morgan fingerprint density at radius 2 is 2.04 bits per heavy atom. The molecule has 1 amide bonds. The first-order valence-electron chi connectivity index (χ1n) is 9.07. The van der Waals surface area contributed by atoms with E-state index < -0.39 is 17.8 Å². The highest BCUT2D eigenvalue weighted by Crippen LogP contribution is 2.25. The van der Waals surface area contributed by atoms with Gasteiger partial charge >= 0.3 is 5.97 Å². The zero-order chi connectivity index (χ0) is 19.9. The highest BCUT2D eigenvalue weighted by Gasteiger charge is 2.41. The van der Waals surface area contributed by atoms with E-state index in [0.29, 0.717) is 24.5 Å². The Hall–Kier alpha value is -1.77. The second kappa shape index (κ2) is 9.96. The fraction of sp³-hybridized carbons (Fsp3) is 0.632. The van der Waals surface area contributed by atoms with E-state index >= 15 is 0 Å². The van der Waals surface area contributed by atoms with E-state index in [2.05, 4.69) is 10.1 Å². The first-order chi connectivity index (χ1) is 12.9. The number of nitrogens with one attached hydrogen (secondary N) is 1. The summed E-state index contributed by atoms with van der Waals surface area (Å²) < 4.78 is 15.7. The molecule has 1 aromatic rings. The molecule has 1 fully saturated rings. The summed E-state index contributed by atoms with van der Waals surface area (Å²) in [4.78, 5) is 36.2. The third-order valence-electron chi connectivity index (χ3n) is 4.64. The molecule has 1 aromatic heterocycles. The van der Waals surface area contributed by atoms with Crippen LogP contribution in [0.25, 0.3) is 0 Å². The highest BCUT2D eigenvalue weighted by atomic mass is 32.1. The van der Waals surface area contributed by atoms with Gasteiger partial charge < -0.3 is 19.5 Å². The van der Waals surface area contributed by atoms with E-state index in [0.717, 1.165) is 19.3 Å². The first kappa shape index (κ1) is 21.5. The van der Waals surface area contributed by atoms with Gasteiger partial charge in [0.05, 0.1) is 31.2 Å². The van der Waals surface area contributed by atoms with Gasteiger partial charge in [-0.25, -0.2) is 4.79 Å². The van der Waals surface area contributed by atoms with Crippen LogP contribution in [0.1, 0.15) is 49.2 Å². The lowest BCUT2D eigenvalue weighted by Gasteiger charge is -2.35. The molecular weight excluding hydrogens is 370 g/mol. The quantitative estimate of drug-likeness (QED) is 0.509. The van der Waals surface area contributed by atoms with Gasteiger partial charge in [0.25, 0.3) is 11.7 Å². The zero-order valence-electron chi connectivity index (χ0n) is 16.0. The molecule has 150 valence electrons. The van der Waals surface area contributed by atoms with Crippen molar-refractivity contribution < 1.29 is 28.6 Å². The van der Waals surface area contributed by atoms with E-state index in [4.69, 9.17) is 9.47 Å². The number of hydrogen-bond acceptors (Lipinski definition) is 7. The van der Waals surface area contributed by atoms with E-state index in [1.807, 2.05) is 11.4 Å². The molecule has 7 nitrogen and oxygen atoms in total. The van der Waals surface area contributed by atoms with Gasteiger partial charge in [-0.05, 0) is 31.2 Å². The third kappa shape index (κ3) is 6.12. The molecule has 1 N–H and O–H groups in total. The number of rotatable bonds is 9. The lowest BCUT2D eigenvalue weighted by Crippen LogP contribution is -2.48. The molecule has 0 aromatic carbocycles. The smallest absolute Gasteiger partial charge is 0.366 e. The molecule has 1 saturated heterocycles. The molecule has 2 rings (SSSR count). The van der Waals surface area contributed by atoms with Crippen molar-refractivity contribution in [1.29, 1.82) is 0 Å². The van der Waals surface area contributed by atoms with Crippen molar-refractivity contribution in [1.82, 2.24) is 5.32 Å². The van der Waals surface area contributed by atoms with Crippen LogP contribution in [0.3, 0.4) is 0 Å². The summed E-state index contributed by atoms with van der Waals surface area (Å²) >= 11 is 1.35. The van der Waals surface area contributed by atoms with E-state index in [-0.39, 0.29) is 17.6 Å². The Morgan fingerprint density at radius 3 is 2.59 bits per heavy atom. The van der Waals surface area contributed by atoms with Crippen LogP contribution in [-0.4, -0.2) is 49.8 Å². The highest BCUT2D eigenvalue weighted by molar-refractivity contribution is 7.12. The standard InChI is InChI=1S/C19H27NO6S/c1-13(21)15(20-17(22)16-9-6-10-27-16)8-5-4-7-14-11-25-19(2,26-12-14)18(23)24-3/h6,9-10,14-15H,4-5,7-8,11-12H2,1-3H3,(H,20,22)/t14-,15?,19+. The van der Waals surface area contributed by atoms with Crippen LogP contribution in [0.4, 0.5) is 0 Å². The van der Waals surface area contributed by atoms with Crippen LogP contribution in [0.2, 0.25) is 0 Å². The van der Waals surface area contributed by atoms with Gasteiger partial charge in [0, 0.05) is 12.8 Å². The zero-order valence-corrected chi connectivity index (χ0v) is 16.8. The second-order valence-corrected chi connectivity index (χ2v) is 7.77. The summed E-state index contributed by atoms with van der Waals surface area (Å²) in [7, 11) is 1.30. The number of ketones is 1. The predicted octanol–water partition coefficient (Wildman–Crippen LogP) is 2.55. The van der Waals surface area contributed by atoms with Gasteiger partial charge in [-0.15, -0.1) is 11.3 Å². The molecule has 0 bridgehead atoms. The summed E-state index contributed by atoms with van der Waals surface area (Å²) in [5.74, 6) is -1.91. The van der Waals surface area contributed by atoms with Crippen LogP contribution in [-0.2, 0) is 23.8 Å². The number of carbonyl (C=O) groups excluding carboxylic acids is 3. The predicted molar refractivity (Wildman–Crippen MR) is 101 cm³/mol. The van der Waals surface area contributed by atoms with Gasteiger partial charge in [0.15, 0.2) is 5.78 Å². The molecular formula is C19H27NO6S. The van der Waals surface area contributed by atoms with Crippen molar-refractivity contribution in [2.75, 3.05) is 20.3 Å². The fourth-order valence-corrected chi connectivity index (χ4v) is 3.54. The van der Waals surface area contributed by atoms with Crippen LogP contribution in [0, 0.1) is 5.92 Å². The maximum atomic E-state index is 12.1. The minimum absolute atomic E-state index is 0.0434. The van der Waals surface area contributed by atoms with Gasteiger partial charge in [-0.3, -0.25) is 9.59 Å². The van der Waals surface area contributed by atoms with Crippen LogP contribution in [0.5, 0.6) is 0 Å². The van der Waals surface area contributed by atoms with Crippen LogP contribution >= 0.6 is 11.3 Å². The van der Waals surface area contributed by atoms with Gasteiger partial charge in [-0.1, -0.05) is 18.9 Å². The summed E-state index contributed by atoms with van der Waals surface area (Å²) in [6, 6.07) is 3.07. The number of amides is 1. The topological polar surface area (TPSA) is 90.9 Å². The molecule has 2 heterocycles. The molecule has 27 heavy (non-hydrogen) atoms. The van der Waals surface area contributed by atoms with Crippen molar-refractivity contribution in [3.63, 3.8) is 0 Å². The largest absolute Gasteiger partial charge is 0.465 e. The Labute approximate surface area is 163 Å². The summed E-state index contributed by atoms with van der Waals surface area (Å²) in [6.07, 6.45) is 3.15. The molecule has 0 radical (unpaired) electrons. The lowest BCUT2D eigenvalue weighted by molar-refractivity contribution is -0.272. The summed E-state index contributed by atoms with van der Waals surface area (Å²) in [5, 5.41) is 4.64. The van der Waals surface area contributed by atoms with Crippen molar-refractivity contribution in [2.24, 2.45) is 5.92 Å². The number of methoxy groups -OCH3 is 1. The van der Waals surface area contributed by atoms with Crippen LogP contribution < -0.4 is 5.32 Å². The monoisotopic (exact) mass is 397 g/mol. The molecule has 0 aliphatic carbocycles. The molecule has 1 aliphatic heterocycles.